The van der Waals surface area contributed by atoms with Crippen molar-refractivity contribution in [3.8, 4) is 0 Å². The highest BCUT2D eigenvalue weighted by molar-refractivity contribution is 8.00. The van der Waals surface area contributed by atoms with Crippen LogP contribution in [0.5, 0.6) is 0 Å². The van der Waals surface area contributed by atoms with Crippen LogP contribution in [0.3, 0.4) is 0 Å². The smallest absolute Gasteiger partial charge is 0.234 e. The summed E-state index contributed by atoms with van der Waals surface area (Å²) in [4.78, 5) is 12.9. The number of amides is 1. The van der Waals surface area contributed by atoms with Gasteiger partial charge in [0.05, 0.1) is 22.6 Å². The van der Waals surface area contributed by atoms with Gasteiger partial charge in [0.25, 0.3) is 0 Å². The summed E-state index contributed by atoms with van der Waals surface area (Å²) in [5.74, 6) is 0.171. The molecular formula is C16H16ClNO2S. The van der Waals surface area contributed by atoms with Crippen LogP contribution in [-0.2, 0) is 4.79 Å². The molecule has 21 heavy (non-hydrogen) atoms. The van der Waals surface area contributed by atoms with Crippen LogP contribution < -0.4 is 5.32 Å². The van der Waals surface area contributed by atoms with Gasteiger partial charge in [-0.15, -0.1) is 11.8 Å². The maximum atomic E-state index is 11.9. The first-order chi connectivity index (χ1) is 10.1. The molecule has 1 unspecified atom stereocenters. The predicted octanol–water partition coefficient (Wildman–Crippen LogP) is 4.12. The third-order valence-corrected chi connectivity index (χ3v) is 4.18. The third-order valence-electron chi connectivity index (χ3n) is 2.86. The van der Waals surface area contributed by atoms with Crippen LogP contribution in [0.4, 0.5) is 5.69 Å². The van der Waals surface area contributed by atoms with Gasteiger partial charge in [0.15, 0.2) is 0 Å². The van der Waals surface area contributed by atoms with Gasteiger partial charge >= 0.3 is 0 Å². The van der Waals surface area contributed by atoms with Gasteiger partial charge in [0, 0.05) is 4.90 Å². The molecule has 110 valence electrons. The molecule has 2 aromatic carbocycles. The lowest BCUT2D eigenvalue weighted by molar-refractivity contribution is -0.113. The molecule has 0 aliphatic rings. The standard InChI is InChI=1S/C16H16ClNO2S/c1-11(19)12-5-4-6-13(9-12)21-10-16(20)18-15-8-3-2-7-14(15)17/h2-9,11,19H,10H2,1H3,(H,18,20). The number of anilines is 1. The number of carbonyl (C=O) groups is 1. The second-order valence-electron chi connectivity index (χ2n) is 4.57. The van der Waals surface area contributed by atoms with E-state index in [0.717, 1.165) is 10.5 Å². The van der Waals surface area contributed by atoms with Crippen LogP contribution in [0, 0.1) is 0 Å². The number of para-hydroxylation sites is 1. The monoisotopic (exact) mass is 321 g/mol. The Labute approximate surface area is 133 Å². The average Bonchev–Trinajstić information content (AvgIpc) is 2.48. The molecule has 0 radical (unpaired) electrons. The largest absolute Gasteiger partial charge is 0.389 e. The summed E-state index contributed by atoms with van der Waals surface area (Å²) in [5.41, 5.74) is 1.45. The zero-order valence-electron chi connectivity index (χ0n) is 11.5. The number of aliphatic hydroxyl groups excluding tert-OH is 1. The molecule has 0 saturated carbocycles. The first-order valence-corrected chi connectivity index (χ1v) is 7.88. The van der Waals surface area contributed by atoms with E-state index >= 15 is 0 Å². The molecule has 2 rings (SSSR count). The van der Waals surface area contributed by atoms with E-state index in [9.17, 15) is 9.90 Å². The maximum absolute atomic E-state index is 11.9. The number of aliphatic hydroxyl groups is 1. The summed E-state index contributed by atoms with van der Waals surface area (Å²) in [5, 5.41) is 12.8. The van der Waals surface area contributed by atoms with Crippen LogP contribution in [0.15, 0.2) is 53.4 Å². The van der Waals surface area contributed by atoms with Crippen LogP contribution in [0.25, 0.3) is 0 Å². The zero-order valence-corrected chi connectivity index (χ0v) is 13.1. The van der Waals surface area contributed by atoms with Gasteiger partial charge in [0.1, 0.15) is 0 Å². The van der Waals surface area contributed by atoms with E-state index < -0.39 is 6.10 Å². The Kier molecular flexibility index (Phi) is 5.67. The molecule has 2 aromatic rings. The van der Waals surface area contributed by atoms with Crippen molar-refractivity contribution in [1.29, 1.82) is 0 Å². The van der Waals surface area contributed by atoms with Gasteiger partial charge < -0.3 is 10.4 Å². The Bertz CT molecular complexity index is 631. The number of carbonyl (C=O) groups excluding carboxylic acids is 1. The Hall–Kier alpha value is -1.49. The lowest BCUT2D eigenvalue weighted by atomic mass is 10.1. The molecular weight excluding hydrogens is 306 g/mol. The van der Waals surface area contributed by atoms with E-state index in [1.807, 2.05) is 36.4 Å². The van der Waals surface area contributed by atoms with Gasteiger partial charge in [-0.25, -0.2) is 0 Å². The van der Waals surface area contributed by atoms with Crippen molar-refractivity contribution < 1.29 is 9.90 Å². The summed E-state index contributed by atoms with van der Waals surface area (Å²) in [6.45, 7) is 1.72. The summed E-state index contributed by atoms with van der Waals surface area (Å²) in [6.07, 6.45) is -0.512. The van der Waals surface area contributed by atoms with Crippen LogP contribution >= 0.6 is 23.4 Å². The van der Waals surface area contributed by atoms with Gasteiger partial charge in [-0.05, 0) is 36.8 Å². The van der Waals surface area contributed by atoms with Crippen molar-refractivity contribution in [2.75, 3.05) is 11.1 Å². The Balaban J connectivity index is 1.92. The Morgan fingerprint density at radius 2 is 2.05 bits per heavy atom. The molecule has 1 amide bonds. The van der Waals surface area contributed by atoms with Gasteiger partial charge in [-0.1, -0.05) is 35.9 Å². The number of thioether (sulfide) groups is 1. The SMILES string of the molecule is CC(O)c1cccc(SCC(=O)Nc2ccccc2Cl)c1. The second-order valence-corrected chi connectivity index (χ2v) is 6.02. The highest BCUT2D eigenvalue weighted by atomic mass is 35.5. The fourth-order valence-electron chi connectivity index (χ4n) is 1.76. The van der Waals surface area contributed by atoms with Crippen molar-refractivity contribution in [3.63, 3.8) is 0 Å². The van der Waals surface area contributed by atoms with Crippen LogP contribution in [-0.4, -0.2) is 16.8 Å². The lowest BCUT2D eigenvalue weighted by Crippen LogP contribution is -2.14. The Morgan fingerprint density at radius 1 is 1.29 bits per heavy atom. The van der Waals surface area contributed by atoms with Crippen molar-refractivity contribution in [2.24, 2.45) is 0 Å². The molecule has 0 aliphatic heterocycles. The Morgan fingerprint density at radius 3 is 2.76 bits per heavy atom. The molecule has 0 bridgehead atoms. The van der Waals surface area contributed by atoms with Crippen molar-refractivity contribution in [2.45, 2.75) is 17.9 Å². The van der Waals surface area contributed by atoms with E-state index in [-0.39, 0.29) is 11.7 Å². The summed E-state index contributed by atoms with van der Waals surface area (Å²) in [7, 11) is 0. The van der Waals surface area contributed by atoms with Gasteiger partial charge in [-0.2, -0.15) is 0 Å². The maximum Gasteiger partial charge on any atom is 0.234 e. The highest BCUT2D eigenvalue weighted by Crippen LogP contribution is 2.24. The molecule has 1 atom stereocenters. The number of hydrogen-bond donors (Lipinski definition) is 2. The number of benzene rings is 2. The first-order valence-electron chi connectivity index (χ1n) is 6.51. The topological polar surface area (TPSA) is 49.3 Å². The molecule has 0 aromatic heterocycles. The first kappa shape index (κ1) is 15.9. The minimum absolute atomic E-state index is 0.115. The molecule has 0 heterocycles. The zero-order chi connectivity index (χ0) is 15.2. The number of halogens is 1. The molecule has 3 nitrogen and oxygen atoms in total. The van der Waals surface area contributed by atoms with Crippen LogP contribution in [0.1, 0.15) is 18.6 Å². The number of rotatable bonds is 5. The van der Waals surface area contributed by atoms with Crippen molar-refractivity contribution >= 4 is 35.0 Å². The van der Waals surface area contributed by atoms with E-state index in [0.29, 0.717) is 10.7 Å². The van der Waals surface area contributed by atoms with Crippen LogP contribution in [0.2, 0.25) is 5.02 Å². The number of hydrogen-bond acceptors (Lipinski definition) is 3. The molecule has 0 aliphatic carbocycles. The normalized spacial score (nSPS) is 12.0. The molecule has 0 saturated heterocycles. The highest BCUT2D eigenvalue weighted by Gasteiger charge is 2.07. The van der Waals surface area contributed by atoms with E-state index in [4.69, 9.17) is 11.6 Å². The molecule has 0 spiro atoms. The minimum atomic E-state index is -0.512. The van der Waals surface area contributed by atoms with E-state index in [1.165, 1.54) is 11.8 Å². The van der Waals surface area contributed by atoms with Crippen molar-refractivity contribution in [3.05, 3.63) is 59.1 Å². The van der Waals surface area contributed by atoms with E-state index in [2.05, 4.69) is 5.32 Å². The average molecular weight is 322 g/mol. The molecule has 0 fully saturated rings. The fraction of sp³-hybridized carbons (Fsp3) is 0.188. The quantitative estimate of drug-likeness (QED) is 0.814. The third kappa shape index (κ3) is 4.77. The van der Waals surface area contributed by atoms with Crippen molar-refractivity contribution in [1.82, 2.24) is 0 Å². The fourth-order valence-corrected chi connectivity index (χ4v) is 2.71. The summed E-state index contributed by atoms with van der Waals surface area (Å²) in [6, 6.07) is 14.7. The predicted molar refractivity (Wildman–Crippen MR) is 87.9 cm³/mol. The summed E-state index contributed by atoms with van der Waals surface area (Å²) < 4.78 is 0. The number of nitrogens with one attached hydrogen (secondary N) is 1. The van der Waals surface area contributed by atoms with Gasteiger partial charge in [0.2, 0.25) is 5.91 Å². The summed E-state index contributed by atoms with van der Waals surface area (Å²) >= 11 is 7.41. The second kappa shape index (κ2) is 7.50. The van der Waals surface area contributed by atoms with Gasteiger partial charge in [-0.3, -0.25) is 4.79 Å². The molecule has 5 heteroatoms. The van der Waals surface area contributed by atoms with E-state index in [1.54, 1.807) is 19.1 Å². The molecule has 2 N–H and O–H groups in total. The lowest BCUT2D eigenvalue weighted by Gasteiger charge is -2.08. The minimum Gasteiger partial charge on any atom is -0.389 e.